The van der Waals surface area contributed by atoms with Gasteiger partial charge in [-0.2, -0.15) is 0 Å². The molecule has 2 atom stereocenters. The van der Waals surface area contributed by atoms with E-state index in [1.807, 2.05) is 26.8 Å². The van der Waals surface area contributed by atoms with Crippen LogP contribution in [0.1, 0.15) is 19.4 Å². The van der Waals surface area contributed by atoms with E-state index in [-0.39, 0.29) is 12.5 Å². The lowest BCUT2D eigenvalue weighted by Crippen LogP contribution is -2.37. The second kappa shape index (κ2) is 8.47. The fourth-order valence-corrected chi connectivity index (χ4v) is 1.71. The Bertz CT molecular complexity index is 412. The first kappa shape index (κ1) is 17.2. The molecule has 0 bridgehead atoms. The number of ether oxygens (including phenoxy) is 1. The molecular formula is C15H24ClNO3. The second-order valence-corrected chi connectivity index (χ2v) is 5.75. The zero-order valence-corrected chi connectivity index (χ0v) is 13.0. The van der Waals surface area contributed by atoms with Crippen LogP contribution in [0.5, 0.6) is 5.75 Å². The fourth-order valence-electron chi connectivity index (χ4n) is 1.59. The molecule has 20 heavy (non-hydrogen) atoms. The maximum absolute atomic E-state index is 9.79. The maximum Gasteiger partial charge on any atom is 0.119 e. The first-order valence-corrected chi connectivity index (χ1v) is 7.23. The Hall–Kier alpha value is -0.810. The monoisotopic (exact) mass is 301 g/mol. The van der Waals surface area contributed by atoms with Crippen LogP contribution in [0, 0.1) is 12.8 Å². The Morgan fingerprint density at radius 3 is 2.55 bits per heavy atom. The molecule has 0 aliphatic carbocycles. The van der Waals surface area contributed by atoms with Crippen molar-refractivity contribution in [1.82, 2.24) is 5.32 Å². The van der Waals surface area contributed by atoms with Gasteiger partial charge in [0.1, 0.15) is 18.5 Å². The van der Waals surface area contributed by atoms with E-state index in [0.29, 0.717) is 23.9 Å². The van der Waals surface area contributed by atoms with Crippen molar-refractivity contribution >= 4 is 11.6 Å². The molecule has 3 N–H and O–H groups in total. The summed E-state index contributed by atoms with van der Waals surface area (Å²) in [4.78, 5) is 0. The number of hydrogen-bond acceptors (Lipinski definition) is 4. The number of aliphatic hydroxyl groups is 2. The molecule has 0 heterocycles. The number of hydrogen-bond donors (Lipinski definition) is 3. The van der Waals surface area contributed by atoms with Gasteiger partial charge in [-0.25, -0.2) is 0 Å². The van der Waals surface area contributed by atoms with E-state index in [4.69, 9.17) is 16.3 Å². The molecule has 0 aliphatic heterocycles. The summed E-state index contributed by atoms with van der Waals surface area (Å²) in [6, 6.07) is 5.39. The molecule has 0 radical (unpaired) electrons. The predicted octanol–water partition coefficient (Wildman–Crippen LogP) is 1.99. The van der Waals surface area contributed by atoms with Crippen molar-refractivity contribution < 1.29 is 14.9 Å². The molecule has 1 aromatic carbocycles. The number of aliphatic hydroxyl groups excluding tert-OH is 2. The molecule has 0 saturated heterocycles. The molecule has 0 amide bonds. The third-order valence-electron chi connectivity index (χ3n) is 3.07. The van der Waals surface area contributed by atoms with E-state index in [0.717, 1.165) is 5.56 Å². The minimum absolute atomic E-state index is 0.200. The van der Waals surface area contributed by atoms with Gasteiger partial charge in [-0.15, -0.1) is 0 Å². The zero-order valence-electron chi connectivity index (χ0n) is 12.3. The van der Waals surface area contributed by atoms with Crippen LogP contribution in [0.15, 0.2) is 18.2 Å². The van der Waals surface area contributed by atoms with Gasteiger partial charge in [0.15, 0.2) is 0 Å². The summed E-state index contributed by atoms with van der Waals surface area (Å²) in [5.41, 5.74) is 0.942. The van der Waals surface area contributed by atoms with E-state index in [9.17, 15) is 10.2 Å². The second-order valence-electron chi connectivity index (χ2n) is 5.35. The van der Waals surface area contributed by atoms with Gasteiger partial charge in [0.2, 0.25) is 0 Å². The summed E-state index contributed by atoms with van der Waals surface area (Å²) in [5.74, 6) is 0.890. The minimum Gasteiger partial charge on any atom is -0.491 e. The van der Waals surface area contributed by atoms with Gasteiger partial charge >= 0.3 is 0 Å². The van der Waals surface area contributed by atoms with Gasteiger partial charge in [0, 0.05) is 18.1 Å². The molecule has 114 valence electrons. The highest BCUT2D eigenvalue weighted by Gasteiger charge is 2.10. The Kier molecular flexibility index (Phi) is 7.30. The van der Waals surface area contributed by atoms with Crippen molar-refractivity contribution in [2.24, 2.45) is 5.92 Å². The molecule has 2 unspecified atom stereocenters. The van der Waals surface area contributed by atoms with Crippen LogP contribution in [0.2, 0.25) is 5.02 Å². The van der Waals surface area contributed by atoms with Crippen molar-refractivity contribution in [3.8, 4) is 5.75 Å². The van der Waals surface area contributed by atoms with Crippen molar-refractivity contribution in [2.45, 2.75) is 33.0 Å². The Labute approximate surface area is 125 Å². The molecular weight excluding hydrogens is 278 g/mol. The molecule has 0 fully saturated rings. The molecule has 0 spiro atoms. The zero-order chi connectivity index (χ0) is 15.1. The molecule has 0 aromatic heterocycles. The van der Waals surface area contributed by atoms with Crippen LogP contribution in [0.3, 0.4) is 0 Å². The normalized spacial score (nSPS) is 14.3. The quantitative estimate of drug-likeness (QED) is 0.687. The van der Waals surface area contributed by atoms with Gasteiger partial charge < -0.3 is 20.3 Å². The van der Waals surface area contributed by atoms with Gasteiger partial charge in [-0.1, -0.05) is 25.4 Å². The van der Waals surface area contributed by atoms with Gasteiger partial charge in [-0.05, 0) is 36.6 Å². The van der Waals surface area contributed by atoms with E-state index in [1.165, 1.54) is 0 Å². The van der Waals surface area contributed by atoms with Crippen LogP contribution < -0.4 is 10.1 Å². The van der Waals surface area contributed by atoms with Crippen LogP contribution in [0.4, 0.5) is 0 Å². The first-order chi connectivity index (χ1) is 9.40. The number of aryl methyl sites for hydroxylation is 1. The van der Waals surface area contributed by atoms with Crippen molar-refractivity contribution in [3.05, 3.63) is 28.8 Å². The molecule has 1 rings (SSSR count). The van der Waals surface area contributed by atoms with Crippen LogP contribution in [-0.2, 0) is 0 Å². The average Bonchev–Trinajstić information content (AvgIpc) is 2.40. The van der Waals surface area contributed by atoms with Crippen LogP contribution >= 0.6 is 11.6 Å². The third-order valence-corrected chi connectivity index (χ3v) is 3.50. The summed E-state index contributed by atoms with van der Waals surface area (Å²) in [6.45, 7) is 6.86. The standard InChI is InChI=1S/C15H24ClNO3/c1-10(2)15(19)8-17-7-12(18)9-20-13-4-5-14(16)11(3)6-13/h4-6,10,12,15,17-19H,7-9H2,1-3H3. The number of rotatable bonds is 8. The molecule has 0 saturated carbocycles. The summed E-state index contributed by atoms with van der Waals surface area (Å²) in [5, 5.41) is 23.1. The van der Waals surface area contributed by atoms with Crippen molar-refractivity contribution in [3.63, 3.8) is 0 Å². The molecule has 4 nitrogen and oxygen atoms in total. The summed E-state index contributed by atoms with van der Waals surface area (Å²) in [6.07, 6.45) is -1.02. The SMILES string of the molecule is Cc1cc(OCC(O)CNCC(O)C(C)C)ccc1Cl. The summed E-state index contributed by atoms with van der Waals surface area (Å²) < 4.78 is 5.50. The highest BCUT2D eigenvalue weighted by atomic mass is 35.5. The number of nitrogens with one attached hydrogen (secondary N) is 1. The van der Waals surface area contributed by atoms with Gasteiger partial charge in [0.05, 0.1) is 6.10 Å². The topological polar surface area (TPSA) is 61.7 Å². The van der Waals surface area contributed by atoms with Gasteiger partial charge in [-0.3, -0.25) is 0 Å². The molecule has 1 aromatic rings. The Balaban J connectivity index is 2.25. The first-order valence-electron chi connectivity index (χ1n) is 6.86. The van der Waals surface area contributed by atoms with E-state index in [2.05, 4.69) is 5.32 Å². The Morgan fingerprint density at radius 1 is 1.25 bits per heavy atom. The van der Waals surface area contributed by atoms with E-state index < -0.39 is 12.2 Å². The van der Waals surface area contributed by atoms with Gasteiger partial charge in [0.25, 0.3) is 0 Å². The molecule has 5 heteroatoms. The summed E-state index contributed by atoms with van der Waals surface area (Å²) in [7, 11) is 0. The predicted molar refractivity (Wildman–Crippen MR) is 81.4 cm³/mol. The van der Waals surface area contributed by atoms with Crippen LogP contribution in [-0.4, -0.2) is 42.1 Å². The third kappa shape index (κ3) is 6.09. The largest absolute Gasteiger partial charge is 0.491 e. The fraction of sp³-hybridized carbons (Fsp3) is 0.600. The van der Waals surface area contributed by atoms with E-state index in [1.54, 1.807) is 12.1 Å². The Morgan fingerprint density at radius 2 is 1.95 bits per heavy atom. The highest BCUT2D eigenvalue weighted by Crippen LogP contribution is 2.21. The van der Waals surface area contributed by atoms with Crippen molar-refractivity contribution in [2.75, 3.05) is 19.7 Å². The van der Waals surface area contributed by atoms with Crippen molar-refractivity contribution in [1.29, 1.82) is 0 Å². The van der Waals surface area contributed by atoms with Crippen LogP contribution in [0.25, 0.3) is 0 Å². The molecule has 0 aliphatic rings. The smallest absolute Gasteiger partial charge is 0.119 e. The maximum atomic E-state index is 9.79. The van der Waals surface area contributed by atoms with E-state index >= 15 is 0 Å². The lowest BCUT2D eigenvalue weighted by atomic mass is 10.1. The number of benzene rings is 1. The minimum atomic E-state index is -0.620. The summed E-state index contributed by atoms with van der Waals surface area (Å²) >= 11 is 5.93. The number of halogens is 1. The highest BCUT2D eigenvalue weighted by molar-refractivity contribution is 6.31. The average molecular weight is 302 g/mol. The lowest BCUT2D eigenvalue weighted by molar-refractivity contribution is 0.0908. The lowest BCUT2D eigenvalue weighted by Gasteiger charge is -2.17.